The minimum atomic E-state index is -0.160. The van der Waals surface area contributed by atoms with E-state index in [0.29, 0.717) is 6.54 Å². The maximum Gasteiger partial charge on any atom is 0.309 e. The first kappa shape index (κ1) is 12.7. The quantitative estimate of drug-likeness (QED) is 0.586. The van der Waals surface area contributed by atoms with Gasteiger partial charge in [-0.05, 0) is 18.5 Å². The molecule has 1 N–H and O–H groups in total. The van der Waals surface area contributed by atoms with Gasteiger partial charge in [0, 0.05) is 6.54 Å². The molecule has 0 spiro atoms. The van der Waals surface area contributed by atoms with Crippen LogP contribution in [0.1, 0.15) is 12.5 Å². The Hall–Kier alpha value is -1.35. The number of carbonyl (C=O) groups excluding carboxylic acids is 1. The van der Waals surface area contributed by atoms with Crippen LogP contribution in [-0.2, 0) is 16.0 Å². The normalized spacial score (nSPS) is 12.1. The highest BCUT2D eigenvalue weighted by Gasteiger charge is 2.11. The first-order chi connectivity index (χ1) is 7.74. The number of hydrogen-bond donors (Lipinski definition) is 1. The molecule has 0 amide bonds. The molecule has 0 fully saturated rings. The molecule has 0 aliphatic carbocycles. The number of benzene rings is 1. The predicted octanol–water partition coefficient (Wildman–Crippen LogP) is 1.63. The molecule has 16 heavy (non-hydrogen) atoms. The lowest BCUT2D eigenvalue weighted by Crippen LogP contribution is -2.28. The summed E-state index contributed by atoms with van der Waals surface area (Å²) in [6, 6.07) is 10.3. The third kappa shape index (κ3) is 4.45. The summed E-state index contributed by atoms with van der Waals surface area (Å²) in [6.45, 7) is 3.41. The van der Waals surface area contributed by atoms with Crippen LogP contribution in [0.3, 0.4) is 0 Å². The monoisotopic (exact) mass is 221 g/mol. The van der Waals surface area contributed by atoms with Gasteiger partial charge in [0.25, 0.3) is 0 Å². The molecule has 0 saturated carbocycles. The summed E-state index contributed by atoms with van der Waals surface area (Å²) in [7, 11) is 1.42. The van der Waals surface area contributed by atoms with Crippen LogP contribution in [-0.4, -0.2) is 26.2 Å². The summed E-state index contributed by atoms with van der Waals surface area (Å²) in [6.07, 6.45) is 0.981. The Bertz CT molecular complexity index is 311. The van der Waals surface area contributed by atoms with Crippen molar-refractivity contribution in [2.75, 3.05) is 20.2 Å². The molecule has 1 aromatic carbocycles. The minimum absolute atomic E-state index is 0.0826. The van der Waals surface area contributed by atoms with Gasteiger partial charge in [-0.15, -0.1) is 0 Å². The van der Waals surface area contributed by atoms with E-state index in [-0.39, 0.29) is 11.9 Å². The van der Waals surface area contributed by atoms with Crippen LogP contribution < -0.4 is 5.32 Å². The van der Waals surface area contributed by atoms with Gasteiger partial charge >= 0.3 is 5.97 Å². The maximum atomic E-state index is 11.1. The van der Waals surface area contributed by atoms with E-state index in [9.17, 15) is 4.79 Å². The van der Waals surface area contributed by atoms with E-state index in [0.717, 1.165) is 13.0 Å². The number of nitrogens with one attached hydrogen (secondary N) is 1. The topological polar surface area (TPSA) is 38.3 Å². The van der Waals surface area contributed by atoms with E-state index in [1.54, 1.807) is 0 Å². The number of esters is 1. The van der Waals surface area contributed by atoms with E-state index in [1.165, 1.54) is 12.7 Å². The molecule has 3 nitrogen and oxygen atoms in total. The van der Waals surface area contributed by atoms with Crippen molar-refractivity contribution in [3.8, 4) is 0 Å². The summed E-state index contributed by atoms with van der Waals surface area (Å²) in [5.74, 6) is -0.243. The average Bonchev–Trinajstić information content (AvgIpc) is 2.34. The van der Waals surface area contributed by atoms with Gasteiger partial charge in [-0.2, -0.15) is 0 Å². The lowest BCUT2D eigenvalue weighted by molar-refractivity contribution is -0.144. The van der Waals surface area contributed by atoms with Gasteiger partial charge in [-0.3, -0.25) is 4.79 Å². The zero-order valence-electron chi connectivity index (χ0n) is 9.90. The highest BCUT2D eigenvalue weighted by atomic mass is 16.5. The van der Waals surface area contributed by atoms with Crippen LogP contribution >= 0.6 is 0 Å². The van der Waals surface area contributed by atoms with Crippen LogP contribution in [0.25, 0.3) is 0 Å². The second-order valence-electron chi connectivity index (χ2n) is 3.86. The summed E-state index contributed by atoms with van der Waals surface area (Å²) < 4.78 is 4.65. The van der Waals surface area contributed by atoms with Crippen LogP contribution in [0.4, 0.5) is 0 Å². The summed E-state index contributed by atoms with van der Waals surface area (Å²) in [5, 5.41) is 3.25. The fourth-order valence-corrected chi connectivity index (χ4v) is 1.48. The lowest BCUT2D eigenvalue weighted by atomic mass is 10.1. The van der Waals surface area contributed by atoms with Crippen LogP contribution in [0, 0.1) is 5.92 Å². The number of rotatable bonds is 6. The number of ether oxygens (including phenoxy) is 1. The first-order valence-electron chi connectivity index (χ1n) is 5.56. The van der Waals surface area contributed by atoms with Crippen LogP contribution in [0.2, 0.25) is 0 Å². The number of carbonyl (C=O) groups is 1. The highest BCUT2D eigenvalue weighted by molar-refractivity contribution is 5.71. The molecule has 3 heteroatoms. The van der Waals surface area contributed by atoms with Crippen molar-refractivity contribution < 1.29 is 9.53 Å². The second kappa shape index (κ2) is 7.01. The third-order valence-electron chi connectivity index (χ3n) is 2.49. The van der Waals surface area contributed by atoms with E-state index >= 15 is 0 Å². The first-order valence-corrected chi connectivity index (χ1v) is 5.56. The SMILES string of the molecule is COC(=O)C(C)CNCCc1ccccc1. The molecular weight excluding hydrogens is 202 g/mol. The van der Waals surface area contributed by atoms with E-state index in [1.807, 2.05) is 25.1 Å². The molecule has 0 saturated heterocycles. The molecule has 0 bridgehead atoms. The summed E-state index contributed by atoms with van der Waals surface area (Å²) >= 11 is 0. The van der Waals surface area contributed by atoms with Gasteiger partial charge in [0.1, 0.15) is 0 Å². The second-order valence-corrected chi connectivity index (χ2v) is 3.86. The van der Waals surface area contributed by atoms with Crippen molar-refractivity contribution in [3.05, 3.63) is 35.9 Å². The third-order valence-corrected chi connectivity index (χ3v) is 2.49. The Balaban J connectivity index is 2.15. The number of hydrogen-bond acceptors (Lipinski definition) is 3. The van der Waals surface area contributed by atoms with E-state index in [2.05, 4.69) is 22.2 Å². The largest absolute Gasteiger partial charge is 0.469 e. The van der Waals surface area contributed by atoms with Crippen molar-refractivity contribution in [2.24, 2.45) is 5.92 Å². The molecule has 0 aliphatic rings. The Kier molecular flexibility index (Phi) is 5.57. The fourth-order valence-electron chi connectivity index (χ4n) is 1.48. The molecule has 1 aromatic rings. The Labute approximate surface area is 96.8 Å². The van der Waals surface area contributed by atoms with Gasteiger partial charge < -0.3 is 10.1 Å². The molecule has 1 rings (SSSR count). The smallest absolute Gasteiger partial charge is 0.309 e. The average molecular weight is 221 g/mol. The Morgan fingerprint density at radius 1 is 1.38 bits per heavy atom. The van der Waals surface area contributed by atoms with Crippen LogP contribution in [0.5, 0.6) is 0 Å². The van der Waals surface area contributed by atoms with Crippen LogP contribution in [0.15, 0.2) is 30.3 Å². The predicted molar refractivity (Wildman–Crippen MR) is 64.2 cm³/mol. The van der Waals surface area contributed by atoms with E-state index < -0.39 is 0 Å². The molecule has 88 valence electrons. The van der Waals surface area contributed by atoms with Crippen molar-refractivity contribution in [3.63, 3.8) is 0 Å². The molecule has 0 aliphatic heterocycles. The summed E-state index contributed by atoms with van der Waals surface area (Å²) in [5.41, 5.74) is 1.31. The van der Waals surface area contributed by atoms with Gasteiger partial charge in [0.2, 0.25) is 0 Å². The van der Waals surface area contributed by atoms with Gasteiger partial charge in [0.05, 0.1) is 13.0 Å². The molecule has 0 radical (unpaired) electrons. The number of methoxy groups -OCH3 is 1. The van der Waals surface area contributed by atoms with Crippen molar-refractivity contribution in [2.45, 2.75) is 13.3 Å². The molecular formula is C13H19NO2. The van der Waals surface area contributed by atoms with Gasteiger partial charge in [-0.1, -0.05) is 37.3 Å². The molecule has 1 unspecified atom stereocenters. The maximum absolute atomic E-state index is 11.1. The van der Waals surface area contributed by atoms with E-state index in [4.69, 9.17) is 0 Å². The zero-order valence-corrected chi connectivity index (χ0v) is 9.90. The molecule has 0 aromatic heterocycles. The Morgan fingerprint density at radius 2 is 2.06 bits per heavy atom. The standard InChI is InChI=1S/C13H19NO2/c1-11(13(15)16-2)10-14-9-8-12-6-4-3-5-7-12/h3-7,11,14H,8-10H2,1-2H3. The fraction of sp³-hybridized carbons (Fsp3) is 0.462. The van der Waals surface area contributed by atoms with Crippen molar-refractivity contribution >= 4 is 5.97 Å². The molecule has 1 atom stereocenters. The van der Waals surface area contributed by atoms with Crippen molar-refractivity contribution in [1.29, 1.82) is 0 Å². The lowest BCUT2D eigenvalue weighted by Gasteiger charge is -2.10. The van der Waals surface area contributed by atoms with Gasteiger partial charge in [0.15, 0.2) is 0 Å². The van der Waals surface area contributed by atoms with Crippen molar-refractivity contribution in [1.82, 2.24) is 5.32 Å². The molecule has 0 heterocycles. The Morgan fingerprint density at radius 3 is 2.69 bits per heavy atom. The minimum Gasteiger partial charge on any atom is -0.469 e. The summed E-state index contributed by atoms with van der Waals surface area (Å²) in [4.78, 5) is 11.1. The highest BCUT2D eigenvalue weighted by Crippen LogP contribution is 1.99. The van der Waals surface area contributed by atoms with Gasteiger partial charge in [-0.25, -0.2) is 0 Å². The zero-order chi connectivity index (χ0) is 11.8.